The van der Waals surface area contributed by atoms with Gasteiger partial charge in [0.1, 0.15) is 11.4 Å². The van der Waals surface area contributed by atoms with E-state index in [-0.39, 0.29) is 11.6 Å². The van der Waals surface area contributed by atoms with Crippen LogP contribution in [0.5, 0.6) is 0 Å². The van der Waals surface area contributed by atoms with E-state index in [0.717, 1.165) is 0 Å². The Morgan fingerprint density at radius 2 is 1.89 bits per heavy atom. The van der Waals surface area contributed by atoms with E-state index in [0.29, 0.717) is 34.3 Å². The van der Waals surface area contributed by atoms with Crippen molar-refractivity contribution in [2.24, 2.45) is 0 Å². The van der Waals surface area contributed by atoms with E-state index in [2.05, 4.69) is 36.9 Å². The van der Waals surface area contributed by atoms with Crippen molar-refractivity contribution in [1.82, 2.24) is 20.9 Å². The van der Waals surface area contributed by atoms with Crippen molar-refractivity contribution in [3.8, 4) is 0 Å². The molecular weight excluding hydrogens is 316 g/mol. The highest BCUT2D eigenvalue weighted by Gasteiger charge is 2.31. The molecule has 1 saturated heterocycles. The number of carbonyl (C=O) groups excluding carboxylic acids is 3. The Morgan fingerprint density at radius 3 is 2.58 bits per heavy atom. The minimum Gasteiger partial charge on any atom is -0.356 e. The molecule has 0 spiro atoms. The summed E-state index contributed by atoms with van der Waals surface area (Å²) in [5.41, 5.74) is 1.82. The number of rotatable bonds is 0. The van der Waals surface area contributed by atoms with E-state index in [9.17, 15) is 14.4 Å². The molecule has 3 rings (SSSR count). The number of amides is 4. The Labute approximate surface area is 115 Å². The van der Waals surface area contributed by atoms with E-state index < -0.39 is 11.9 Å². The molecule has 0 unspecified atom stereocenters. The molecule has 0 bridgehead atoms. The first kappa shape index (κ1) is 12.0. The zero-order valence-corrected chi connectivity index (χ0v) is 11.2. The number of nitrogens with one attached hydrogen (secondary N) is 4. The lowest BCUT2D eigenvalue weighted by atomic mass is 10.0. The van der Waals surface area contributed by atoms with Crippen LogP contribution in [-0.2, 0) is 4.79 Å². The van der Waals surface area contributed by atoms with Gasteiger partial charge in [-0.05, 0) is 27.9 Å². The summed E-state index contributed by atoms with van der Waals surface area (Å²) in [4.78, 5) is 37.7. The van der Waals surface area contributed by atoms with Crippen LogP contribution in [0.3, 0.4) is 0 Å². The molecule has 4 amide bonds. The van der Waals surface area contributed by atoms with E-state index >= 15 is 0 Å². The van der Waals surface area contributed by atoms with Crippen molar-refractivity contribution in [3.63, 3.8) is 0 Å². The fourth-order valence-electron chi connectivity index (χ4n) is 2.22. The number of aromatic amines is 1. The molecule has 19 heavy (non-hydrogen) atoms. The second-order valence-electron chi connectivity index (χ2n) is 4.15. The zero-order valence-electron chi connectivity index (χ0n) is 9.59. The van der Waals surface area contributed by atoms with Crippen LogP contribution in [0.15, 0.2) is 16.4 Å². The molecule has 0 aromatic carbocycles. The number of fused-ring (bicyclic) bond motifs is 1. The molecule has 1 fully saturated rings. The highest BCUT2D eigenvalue weighted by atomic mass is 79.9. The Kier molecular flexibility index (Phi) is 2.67. The lowest BCUT2D eigenvalue weighted by Crippen LogP contribution is -2.22. The molecule has 1 aromatic rings. The monoisotopic (exact) mass is 324 g/mol. The fraction of sp³-hybridized carbons (Fsp3) is 0.182. The highest BCUT2D eigenvalue weighted by molar-refractivity contribution is 9.10. The van der Waals surface area contributed by atoms with Gasteiger partial charge in [0.15, 0.2) is 0 Å². The van der Waals surface area contributed by atoms with Crippen molar-refractivity contribution >= 4 is 39.3 Å². The Hall–Kier alpha value is -2.09. The molecule has 2 aliphatic heterocycles. The molecule has 2 aliphatic rings. The first-order valence-electron chi connectivity index (χ1n) is 5.59. The predicted molar refractivity (Wildman–Crippen MR) is 69.0 cm³/mol. The number of H-pyrrole nitrogens is 1. The van der Waals surface area contributed by atoms with Crippen LogP contribution >= 0.6 is 15.9 Å². The largest absolute Gasteiger partial charge is 0.356 e. The minimum absolute atomic E-state index is 0.197. The number of aromatic nitrogens is 1. The zero-order chi connectivity index (χ0) is 13.6. The van der Waals surface area contributed by atoms with Gasteiger partial charge in [-0.25, -0.2) is 4.79 Å². The van der Waals surface area contributed by atoms with Gasteiger partial charge in [0.05, 0.1) is 0 Å². The third-order valence-corrected chi connectivity index (χ3v) is 3.64. The van der Waals surface area contributed by atoms with Gasteiger partial charge in [-0.2, -0.15) is 0 Å². The number of urea groups is 1. The molecule has 0 aliphatic carbocycles. The van der Waals surface area contributed by atoms with Crippen LogP contribution < -0.4 is 16.0 Å². The molecule has 3 heterocycles. The van der Waals surface area contributed by atoms with Gasteiger partial charge >= 0.3 is 6.03 Å². The van der Waals surface area contributed by atoms with E-state index in [1.165, 1.54) is 0 Å². The van der Waals surface area contributed by atoms with Crippen molar-refractivity contribution < 1.29 is 14.4 Å². The molecule has 0 atom stereocenters. The topological polar surface area (TPSA) is 103 Å². The van der Waals surface area contributed by atoms with Crippen LogP contribution in [0.25, 0.3) is 5.57 Å². The molecule has 1 aromatic heterocycles. The Morgan fingerprint density at radius 1 is 1.11 bits per heavy atom. The van der Waals surface area contributed by atoms with Crippen molar-refractivity contribution in [2.75, 3.05) is 6.54 Å². The van der Waals surface area contributed by atoms with E-state index in [4.69, 9.17) is 0 Å². The smallest absolute Gasteiger partial charge is 0.326 e. The van der Waals surface area contributed by atoms with Crippen molar-refractivity contribution in [2.45, 2.75) is 6.42 Å². The summed E-state index contributed by atoms with van der Waals surface area (Å²) in [6.07, 6.45) is 2.09. The standard InChI is InChI=1S/C11H9BrN4O3/c12-5-3-14-8-6(5)4(1-2-13-9(8)17)7-10(18)16-11(19)15-7/h3,14H,1-2H2,(H,13,17)(H2,15,16,18,19)/b7-4+. The summed E-state index contributed by atoms with van der Waals surface area (Å²) in [5.74, 6) is -0.713. The summed E-state index contributed by atoms with van der Waals surface area (Å²) in [7, 11) is 0. The summed E-state index contributed by atoms with van der Waals surface area (Å²) in [6.45, 7) is 0.399. The van der Waals surface area contributed by atoms with Gasteiger partial charge < -0.3 is 15.6 Å². The molecule has 4 N–H and O–H groups in total. The molecule has 0 radical (unpaired) electrons. The van der Waals surface area contributed by atoms with Crippen LogP contribution in [0.4, 0.5) is 4.79 Å². The number of hydrogen-bond donors (Lipinski definition) is 4. The lowest BCUT2D eigenvalue weighted by molar-refractivity contribution is -0.115. The maximum atomic E-state index is 11.9. The Bertz CT molecular complexity index is 646. The molecule has 7 nitrogen and oxygen atoms in total. The van der Waals surface area contributed by atoms with E-state index in [1.807, 2.05) is 0 Å². The first-order valence-corrected chi connectivity index (χ1v) is 6.38. The second kappa shape index (κ2) is 4.23. The first-order chi connectivity index (χ1) is 9.08. The summed E-state index contributed by atoms with van der Waals surface area (Å²) < 4.78 is 0.677. The number of imide groups is 1. The lowest BCUT2D eigenvalue weighted by Gasteiger charge is -2.07. The second-order valence-corrected chi connectivity index (χ2v) is 5.01. The summed E-state index contributed by atoms with van der Waals surface area (Å²) in [5, 5.41) is 7.36. The normalized spacial score (nSPS) is 22.5. The average Bonchev–Trinajstić information content (AvgIpc) is 2.83. The molecule has 8 heteroatoms. The van der Waals surface area contributed by atoms with Crippen molar-refractivity contribution in [3.05, 3.63) is 27.6 Å². The number of carbonyl (C=O) groups is 3. The van der Waals surface area contributed by atoms with Gasteiger partial charge in [0.2, 0.25) is 0 Å². The highest BCUT2D eigenvalue weighted by Crippen LogP contribution is 2.33. The van der Waals surface area contributed by atoms with Crippen LogP contribution in [-0.4, -0.2) is 29.4 Å². The number of halogens is 1. The van der Waals surface area contributed by atoms with Gasteiger partial charge in [0, 0.05) is 22.8 Å². The third kappa shape index (κ3) is 1.84. The third-order valence-electron chi connectivity index (χ3n) is 3.02. The quantitative estimate of drug-likeness (QED) is 0.412. The molecule has 0 saturated carbocycles. The summed E-state index contributed by atoms with van der Waals surface area (Å²) in [6, 6.07) is -0.552. The number of hydrogen-bond acceptors (Lipinski definition) is 3. The van der Waals surface area contributed by atoms with E-state index in [1.54, 1.807) is 6.20 Å². The van der Waals surface area contributed by atoms with Crippen LogP contribution in [0.1, 0.15) is 22.5 Å². The van der Waals surface area contributed by atoms with Crippen LogP contribution in [0.2, 0.25) is 0 Å². The maximum absolute atomic E-state index is 11.9. The van der Waals surface area contributed by atoms with Gasteiger partial charge in [0.25, 0.3) is 11.8 Å². The van der Waals surface area contributed by atoms with Crippen molar-refractivity contribution in [1.29, 1.82) is 0 Å². The minimum atomic E-state index is -0.552. The molecule has 98 valence electrons. The van der Waals surface area contributed by atoms with Gasteiger partial charge in [-0.1, -0.05) is 0 Å². The van der Waals surface area contributed by atoms with Gasteiger partial charge in [-0.15, -0.1) is 0 Å². The average molecular weight is 325 g/mol. The fourth-order valence-corrected chi connectivity index (χ4v) is 2.77. The SMILES string of the molecule is O=C1NC(=O)/C(=C2/CCNC(=O)c3[nH]cc(Br)c32)N1. The molecular formula is C11H9BrN4O3. The summed E-state index contributed by atoms with van der Waals surface area (Å²) >= 11 is 3.35. The van der Waals surface area contributed by atoms with Gasteiger partial charge in [-0.3, -0.25) is 14.9 Å². The maximum Gasteiger partial charge on any atom is 0.326 e. The van der Waals surface area contributed by atoms with Crippen LogP contribution in [0, 0.1) is 0 Å². The Balaban J connectivity index is 2.22. The predicted octanol–water partition coefficient (Wildman–Crippen LogP) is 0.461.